The molecular formula is C12H19N3O. The molecule has 1 fully saturated rings. The summed E-state index contributed by atoms with van der Waals surface area (Å²) >= 11 is 0. The second-order valence-electron chi connectivity index (χ2n) is 4.14. The number of ether oxygens (including phenoxy) is 1. The molecule has 4 nitrogen and oxygen atoms in total. The summed E-state index contributed by atoms with van der Waals surface area (Å²) in [6.07, 6.45) is 0. The van der Waals surface area contributed by atoms with E-state index in [0.717, 1.165) is 44.1 Å². The van der Waals surface area contributed by atoms with Gasteiger partial charge >= 0.3 is 0 Å². The number of benzene rings is 1. The first-order chi connectivity index (χ1) is 7.75. The highest BCUT2D eigenvalue weighted by Crippen LogP contribution is 2.13. The molecule has 2 rings (SSSR count). The number of hydrazine groups is 1. The number of anilines is 1. The second-order valence-corrected chi connectivity index (χ2v) is 4.14. The first-order valence-corrected chi connectivity index (χ1v) is 5.67. The summed E-state index contributed by atoms with van der Waals surface area (Å²) in [5, 5.41) is 2.19. The van der Waals surface area contributed by atoms with Gasteiger partial charge in [0.1, 0.15) is 0 Å². The van der Waals surface area contributed by atoms with Crippen molar-refractivity contribution >= 4 is 5.69 Å². The molecule has 1 aliphatic heterocycles. The molecule has 4 heteroatoms. The minimum atomic E-state index is 0.785. The Kier molecular flexibility index (Phi) is 3.77. The summed E-state index contributed by atoms with van der Waals surface area (Å²) < 4.78 is 5.29. The lowest BCUT2D eigenvalue weighted by Crippen LogP contribution is -2.45. The average Bonchev–Trinajstić information content (AvgIpc) is 2.32. The predicted octanol–water partition coefficient (Wildman–Crippen LogP) is 0.914. The van der Waals surface area contributed by atoms with Crippen molar-refractivity contribution in [3.63, 3.8) is 0 Å². The fraction of sp³-hybridized carbons (Fsp3) is 0.500. The molecule has 0 unspecified atom stereocenters. The van der Waals surface area contributed by atoms with Crippen LogP contribution < -0.4 is 11.2 Å². The van der Waals surface area contributed by atoms with Crippen molar-refractivity contribution in [3.8, 4) is 0 Å². The van der Waals surface area contributed by atoms with Gasteiger partial charge in [0.15, 0.2) is 0 Å². The van der Waals surface area contributed by atoms with Crippen LogP contribution in [0.4, 0.5) is 5.69 Å². The van der Waals surface area contributed by atoms with Crippen LogP contribution >= 0.6 is 0 Å². The van der Waals surface area contributed by atoms with E-state index in [2.05, 4.69) is 23.4 Å². The van der Waals surface area contributed by atoms with Gasteiger partial charge in [0.25, 0.3) is 0 Å². The van der Waals surface area contributed by atoms with E-state index in [0.29, 0.717) is 0 Å². The van der Waals surface area contributed by atoms with Gasteiger partial charge < -0.3 is 10.5 Å². The van der Waals surface area contributed by atoms with E-state index >= 15 is 0 Å². The van der Waals surface area contributed by atoms with Gasteiger partial charge in [-0.1, -0.05) is 17.7 Å². The van der Waals surface area contributed by atoms with Gasteiger partial charge in [0, 0.05) is 25.3 Å². The summed E-state index contributed by atoms with van der Waals surface area (Å²) in [6.45, 7) is 6.34. The Morgan fingerprint density at radius 3 is 2.88 bits per heavy atom. The molecule has 3 N–H and O–H groups in total. The second kappa shape index (κ2) is 5.30. The molecule has 0 atom stereocenters. The highest BCUT2D eigenvalue weighted by molar-refractivity contribution is 5.48. The molecule has 0 radical (unpaired) electrons. The number of rotatable bonds is 3. The zero-order chi connectivity index (χ0) is 11.4. The molecule has 0 bridgehead atoms. The smallest absolute Gasteiger partial charge is 0.0608 e. The van der Waals surface area contributed by atoms with E-state index < -0.39 is 0 Å². The third-order valence-corrected chi connectivity index (χ3v) is 2.80. The highest BCUT2D eigenvalue weighted by Gasteiger charge is 2.09. The zero-order valence-electron chi connectivity index (χ0n) is 9.70. The zero-order valence-corrected chi connectivity index (χ0v) is 9.70. The van der Waals surface area contributed by atoms with Gasteiger partial charge in [-0.05, 0) is 18.6 Å². The number of nitrogens with zero attached hydrogens (tertiary/aromatic N) is 1. The quantitative estimate of drug-likeness (QED) is 0.745. The fourth-order valence-electron chi connectivity index (χ4n) is 1.81. The molecule has 1 heterocycles. The summed E-state index contributed by atoms with van der Waals surface area (Å²) in [6, 6.07) is 6.13. The first-order valence-electron chi connectivity index (χ1n) is 5.67. The minimum Gasteiger partial charge on any atom is -0.398 e. The average molecular weight is 221 g/mol. The molecule has 0 aliphatic carbocycles. The SMILES string of the molecule is Cc1ccc(N)c(CNN2CCOCC2)c1. The largest absolute Gasteiger partial charge is 0.398 e. The Labute approximate surface area is 96.3 Å². The molecule has 88 valence electrons. The molecule has 0 saturated carbocycles. The molecule has 1 aromatic carbocycles. The van der Waals surface area contributed by atoms with Gasteiger partial charge in [-0.15, -0.1) is 0 Å². The van der Waals surface area contributed by atoms with Crippen LogP contribution in [0, 0.1) is 6.92 Å². The number of nitrogen functional groups attached to an aromatic ring is 1. The van der Waals surface area contributed by atoms with Crippen LogP contribution in [0.2, 0.25) is 0 Å². The van der Waals surface area contributed by atoms with E-state index in [4.69, 9.17) is 10.5 Å². The first kappa shape index (κ1) is 11.4. The third-order valence-electron chi connectivity index (χ3n) is 2.80. The molecule has 0 amide bonds. The van der Waals surface area contributed by atoms with Crippen LogP contribution in [0.3, 0.4) is 0 Å². The molecule has 1 saturated heterocycles. The van der Waals surface area contributed by atoms with Crippen LogP contribution in [-0.2, 0) is 11.3 Å². The lowest BCUT2D eigenvalue weighted by Gasteiger charge is -2.27. The molecule has 1 aromatic rings. The molecule has 0 aromatic heterocycles. The van der Waals surface area contributed by atoms with Crippen molar-refractivity contribution in [3.05, 3.63) is 29.3 Å². The Morgan fingerprint density at radius 1 is 1.38 bits per heavy atom. The van der Waals surface area contributed by atoms with E-state index in [1.54, 1.807) is 0 Å². The normalized spacial score (nSPS) is 17.6. The lowest BCUT2D eigenvalue weighted by molar-refractivity contribution is 0.0106. The molecular weight excluding hydrogens is 202 g/mol. The Bertz CT molecular complexity index is 348. The number of aryl methyl sites for hydroxylation is 1. The van der Waals surface area contributed by atoms with Crippen molar-refractivity contribution in [2.45, 2.75) is 13.5 Å². The fourth-order valence-corrected chi connectivity index (χ4v) is 1.81. The molecule has 0 spiro atoms. The number of nitrogens with two attached hydrogens (primary N) is 1. The Morgan fingerprint density at radius 2 is 2.12 bits per heavy atom. The maximum atomic E-state index is 5.92. The number of nitrogens with one attached hydrogen (secondary N) is 1. The van der Waals surface area contributed by atoms with Crippen molar-refractivity contribution in [1.29, 1.82) is 0 Å². The summed E-state index contributed by atoms with van der Waals surface area (Å²) in [5.74, 6) is 0. The lowest BCUT2D eigenvalue weighted by atomic mass is 10.1. The van der Waals surface area contributed by atoms with Gasteiger partial charge in [0.05, 0.1) is 13.2 Å². The van der Waals surface area contributed by atoms with Gasteiger partial charge in [0.2, 0.25) is 0 Å². The number of hydrogen-bond acceptors (Lipinski definition) is 4. The molecule has 1 aliphatic rings. The van der Waals surface area contributed by atoms with E-state index in [1.165, 1.54) is 5.56 Å². The number of hydrogen-bond donors (Lipinski definition) is 2. The predicted molar refractivity (Wildman–Crippen MR) is 64.8 cm³/mol. The topological polar surface area (TPSA) is 50.5 Å². The van der Waals surface area contributed by atoms with Crippen molar-refractivity contribution < 1.29 is 4.74 Å². The van der Waals surface area contributed by atoms with Gasteiger partial charge in [-0.25, -0.2) is 5.01 Å². The standard InChI is InChI=1S/C12H19N3O/c1-10-2-3-12(13)11(8-10)9-14-15-4-6-16-7-5-15/h2-3,8,14H,4-7,9,13H2,1H3. The van der Waals surface area contributed by atoms with Crippen molar-refractivity contribution in [2.24, 2.45) is 0 Å². The monoisotopic (exact) mass is 221 g/mol. The van der Waals surface area contributed by atoms with E-state index in [-0.39, 0.29) is 0 Å². The molecule has 16 heavy (non-hydrogen) atoms. The van der Waals surface area contributed by atoms with Gasteiger partial charge in [-0.3, -0.25) is 5.43 Å². The summed E-state index contributed by atoms with van der Waals surface area (Å²) in [5.41, 5.74) is 12.6. The van der Waals surface area contributed by atoms with Crippen LogP contribution in [0.5, 0.6) is 0 Å². The third kappa shape index (κ3) is 2.95. The maximum absolute atomic E-state index is 5.92. The Balaban J connectivity index is 1.90. The van der Waals surface area contributed by atoms with Crippen LogP contribution in [0.15, 0.2) is 18.2 Å². The van der Waals surface area contributed by atoms with Crippen LogP contribution in [0.1, 0.15) is 11.1 Å². The highest BCUT2D eigenvalue weighted by atomic mass is 16.5. The van der Waals surface area contributed by atoms with E-state index in [9.17, 15) is 0 Å². The summed E-state index contributed by atoms with van der Waals surface area (Å²) in [7, 11) is 0. The van der Waals surface area contributed by atoms with E-state index in [1.807, 2.05) is 12.1 Å². The minimum absolute atomic E-state index is 0.785. The van der Waals surface area contributed by atoms with Crippen LogP contribution in [-0.4, -0.2) is 31.3 Å². The summed E-state index contributed by atoms with van der Waals surface area (Å²) in [4.78, 5) is 0. The number of morpholine rings is 1. The van der Waals surface area contributed by atoms with Crippen LogP contribution in [0.25, 0.3) is 0 Å². The Hall–Kier alpha value is -1.10. The van der Waals surface area contributed by atoms with Crippen molar-refractivity contribution in [2.75, 3.05) is 32.0 Å². The van der Waals surface area contributed by atoms with Gasteiger partial charge in [-0.2, -0.15) is 0 Å². The van der Waals surface area contributed by atoms with Crippen molar-refractivity contribution in [1.82, 2.24) is 10.4 Å². The maximum Gasteiger partial charge on any atom is 0.0608 e.